The first-order chi connectivity index (χ1) is 8.84. The molecule has 5 heteroatoms. The summed E-state index contributed by atoms with van der Waals surface area (Å²) in [6.07, 6.45) is 8.71. The standard InChI is InChI=1S/C13H14N4O/c18-12(10-6-2-1-3-7-10)14-13-16-15-11-8-4-5-9-17(11)13/h1-2,4-5,8-10H,3,6-7H2,(H,14,16,18). The first kappa shape index (κ1) is 11.0. The number of fused-ring (bicyclic) bond motifs is 1. The highest BCUT2D eigenvalue weighted by Crippen LogP contribution is 2.19. The summed E-state index contributed by atoms with van der Waals surface area (Å²) >= 11 is 0. The molecule has 2 aromatic heterocycles. The number of rotatable bonds is 2. The number of anilines is 1. The number of aromatic nitrogens is 3. The second-order valence-corrected chi connectivity index (χ2v) is 4.42. The molecule has 0 aliphatic heterocycles. The Morgan fingerprint density at radius 1 is 1.33 bits per heavy atom. The zero-order chi connectivity index (χ0) is 12.4. The second kappa shape index (κ2) is 4.60. The number of carbonyl (C=O) groups is 1. The quantitative estimate of drug-likeness (QED) is 0.820. The Kier molecular flexibility index (Phi) is 2.80. The van der Waals surface area contributed by atoms with Crippen LogP contribution in [0.15, 0.2) is 36.5 Å². The molecule has 1 aliphatic rings. The van der Waals surface area contributed by atoms with E-state index < -0.39 is 0 Å². The number of pyridine rings is 1. The van der Waals surface area contributed by atoms with Crippen molar-refractivity contribution in [2.75, 3.05) is 5.32 Å². The number of hydrogen-bond acceptors (Lipinski definition) is 3. The maximum absolute atomic E-state index is 12.1. The summed E-state index contributed by atoms with van der Waals surface area (Å²) in [7, 11) is 0. The van der Waals surface area contributed by atoms with Crippen molar-refractivity contribution in [3.8, 4) is 0 Å². The Bertz CT molecular complexity index is 602. The van der Waals surface area contributed by atoms with E-state index in [0.29, 0.717) is 5.95 Å². The number of nitrogens with zero attached hydrogens (tertiary/aromatic N) is 3. The number of allylic oxidation sites excluding steroid dienone is 2. The van der Waals surface area contributed by atoms with E-state index >= 15 is 0 Å². The van der Waals surface area contributed by atoms with Crippen molar-refractivity contribution in [3.63, 3.8) is 0 Å². The molecule has 0 aromatic carbocycles. The maximum atomic E-state index is 12.1. The van der Waals surface area contributed by atoms with E-state index in [1.165, 1.54) is 0 Å². The lowest BCUT2D eigenvalue weighted by Gasteiger charge is -2.16. The molecule has 0 spiro atoms. The van der Waals surface area contributed by atoms with Crippen LogP contribution in [0.4, 0.5) is 5.95 Å². The number of hydrogen-bond donors (Lipinski definition) is 1. The molecule has 3 rings (SSSR count). The normalized spacial score (nSPS) is 19.0. The van der Waals surface area contributed by atoms with Crippen LogP contribution < -0.4 is 5.32 Å². The minimum Gasteiger partial charge on any atom is -0.294 e. The van der Waals surface area contributed by atoms with Gasteiger partial charge in [-0.3, -0.25) is 14.5 Å². The second-order valence-electron chi connectivity index (χ2n) is 4.42. The van der Waals surface area contributed by atoms with Crippen molar-refractivity contribution in [3.05, 3.63) is 36.5 Å². The molecule has 92 valence electrons. The lowest BCUT2D eigenvalue weighted by Crippen LogP contribution is -2.24. The zero-order valence-corrected chi connectivity index (χ0v) is 9.91. The van der Waals surface area contributed by atoms with Crippen LogP contribution in [-0.2, 0) is 4.79 Å². The Morgan fingerprint density at radius 2 is 2.28 bits per heavy atom. The van der Waals surface area contributed by atoms with Gasteiger partial charge in [0.2, 0.25) is 11.9 Å². The van der Waals surface area contributed by atoms with E-state index in [-0.39, 0.29) is 11.8 Å². The van der Waals surface area contributed by atoms with Gasteiger partial charge in [-0.2, -0.15) is 0 Å². The average Bonchev–Trinajstić information content (AvgIpc) is 2.83. The van der Waals surface area contributed by atoms with Crippen LogP contribution in [0.25, 0.3) is 5.65 Å². The van der Waals surface area contributed by atoms with E-state index in [1.54, 1.807) is 4.40 Å². The summed E-state index contributed by atoms with van der Waals surface area (Å²) in [5.41, 5.74) is 0.733. The van der Waals surface area contributed by atoms with Crippen molar-refractivity contribution in [1.29, 1.82) is 0 Å². The number of carbonyl (C=O) groups excluding carboxylic acids is 1. The van der Waals surface area contributed by atoms with E-state index in [0.717, 1.165) is 24.9 Å². The molecule has 0 bridgehead atoms. The molecule has 1 N–H and O–H groups in total. The Balaban J connectivity index is 1.79. The molecule has 2 heterocycles. The molecule has 0 saturated carbocycles. The van der Waals surface area contributed by atoms with Crippen LogP contribution >= 0.6 is 0 Å². The van der Waals surface area contributed by atoms with Crippen molar-refractivity contribution in [2.24, 2.45) is 5.92 Å². The predicted molar refractivity (Wildman–Crippen MR) is 68.1 cm³/mol. The fraction of sp³-hybridized carbons (Fsp3) is 0.308. The monoisotopic (exact) mass is 242 g/mol. The van der Waals surface area contributed by atoms with Gasteiger partial charge in [-0.25, -0.2) is 0 Å². The van der Waals surface area contributed by atoms with Gasteiger partial charge in [-0.05, 0) is 31.4 Å². The van der Waals surface area contributed by atoms with Gasteiger partial charge in [0.05, 0.1) is 0 Å². The lowest BCUT2D eigenvalue weighted by molar-refractivity contribution is -0.120. The molecule has 2 aromatic rings. The summed E-state index contributed by atoms with van der Waals surface area (Å²) in [6.45, 7) is 0. The summed E-state index contributed by atoms with van der Waals surface area (Å²) in [6, 6.07) is 5.63. The molecule has 1 unspecified atom stereocenters. The third-order valence-corrected chi connectivity index (χ3v) is 3.19. The third kappa shape index (κ3) is 1.99. The Labute approximate surface area is 105 Å². The highest BCUT2D eigenvalue weighted by molar-refractivity contribution is 5.91. The molecular formula is C13H14N4O. The largest absolute Gasteiger partial charge is 0.294 e. The van der Waals surface area contributed by atoms with Crippen LogP contribution in [0.1, 0.15) is 19.3 Å². The van der Waals surface area contributed by atoms with Gasteiger partial charge in [-0.15, -0.1) is 10.2 Å². The van der Waals surface area contributed by atoms with Crippen LogP contribution in [0, 0.1) is 5.92 Å². The highest BCUT2D eigenvalue weighted by Gasteiger charge is 2.20. The van der Waals surface area contributed by atoms with E-state index in [2.05, 4.69) is 27.7 Å². The molecule has 5 nitrogen and oxygen atoms in total. The van der Waals surface area contributed by atoms with E-state index in [9.17, 15) is 4.79 Å². The fourth-order valence-corrected chi connectivity index (χ4v) is 2.17. The van der Waals surface area contributed by atoms with Crippen LogP contribution in [0.2, 0.25) is 0 Å². The minimum absolute atomic E-state index is 0.0255. The number of nitrogens with one attached hydrogen (secondary N) is 1. The SMILES string of the molecule is O=C(Nc1nnc2ccccn12)C1CC=CCC1. The molecule has 0 radical (unpaired) electrons. The van der Waals surface area contributed by atoms with Crippen LogP contribution in [0.5, 0.6) is 0 Å². The molecule has 0 saturated heterocycles. The van der Waals surface area contributed by atoms with Gasteiger partial charge >= 0.3 is 0 Å². The van der Waals surface area contributed by atoms with Crippen LogP contribution in [-0.4, -0.2) is 20.5 Å². The Morgan fingerprint density at radius 3 is 3.11 bits per heavy atom. The van der Waals surface area contributed by atoms with Gasteiger partial charge in [0.1, 0.15) is 0 Å². The summed E-state index contributed by atoms with van der Waals surface area (Å²) in [4.78, 5) is 12.1. The zero-order valence-electron chi connectivity index (χ0n) is 9.91. The average molecular weight is 242 g/mol. The van der Waals surface area contributed by atoms with E-state index in [4.69, 9.17) is 0 Å². The van der Waals surface area contributed by atoms with Gasteiger partial charge in [-0.1, -0.05) is 18.2 Å². The summed E-state index contributed by atoms with van der Waals surface area (Å²) in [5.74, 6) is 0.564. The van der Waals surface area contributed by atoms with Crippen molar-refractivity contribution in [1.82, 2.24) is 14.6 Å². The maximum Gasteiger partial charge on any atom is 0.235 e. The van der Waals surface area contributed by atoms with Gasteiger partial charge in [0, 0.05) is 12.1 Å². The molecular weight excluding hydrogens is 228 g/mol. The van der Waals surface area contributed by atoms with Crippen molar-refractivity contribution < 1.29 is 4.79 Å². The van der Waals surface area contributed by atoms with Gasteiger partial charge < -0.3 is 0 Å². The van der Waals surface area contributed by atoms with Crippen LogP contribution in [0.3, 0.4) is 0 Å². The highest BCUT2D eigenvalue weighted by atomic mass is 16.2. The van der Waals surface area contributed by atoms with Gasteiger partial charge in [0.25, 0.3) is 0 Å². The molecule has 18 heavy (non-hydrogen) atoms. The molecule has 1 atom stereocenters. The smallest absolute Gasteiger partial charge is 0.235 e. The Hall–Kier alpha value is -2.17. The predicted octanol–water partition coefficient (Wildman–Crippen LogP) is 2.02. The van der Waals surface area contributed by atoms with Gasteiger partial charge in [0.15, 0.2) is 5.65 Å². The first-order valence-electron chi connectivity index (χ1n) is 6.10. The molecule has 1 aliphatic carbocycles. The lowest BCUT2D eigenvalue weighted by atomic mass is 9.94. The van der Waals surface area contributed by atoms with E-state index in [1.807, 2.05) is 24.4 Å². The number of amides is 1. The van der Waals surface area contributed by atoms with Crippen molar-refractivity contribution >= 4 is 17.5 Å². The summed E-state index contributed by atoms with van der Waals surface area (Å²) < 4.78 is 1.77. The van der Waals surface area contributed by atoms with Crippen molar-refractivity contribution in [2.45, 2.75) is 19.3 Å². The topological polar surface area (TPSA) is 59.3 Å². The molecule has 0 fully saturated rings. The third-order valence-electron chi connectivity index (χ3n) is 3.19. The first-order valence-corrected chi connectivity index (χ1v) is 6.10. The summed E-state index contributed by atoms with van der Waals surface area (Å²) in [5, 5.41) is 10.8. The molecule has 1 amide bonds. The fourth-order valence-electron chi connectivity index (χ4n) is 2.17. The minimum atomic E-state index is 0.0255.